The van der Waals surface area contributed by atoms with Gasteiger partial charge in [-0.1, -0.05) is 24.4 Å². The van der Waals surface area contributed by atoms with Crippen LogP contribution < -0.4 is 15.0 Å². The molecule has 0 aliphatic rings. The molecule has 0 aromatic heterocycles. The molecule has 0 bridgehead atoms. The highest BCUT2D eigenvalue weighted by atomic mass is 32.1. The molecule has 2 aromatic carbocycles. The fourth-order valence-electron chi connectivity index (χ4n) is 1.80. The van der Waals surface area contributed by atoms with Crippen molar-refractivity contribution in [3.05, 3.63) is 54.3 Å². The Morgan fingerprint density at radius 3 is 2.64 bits per heavy atom. The van der Waals surface area contributed by atoms with Crippen molar-refractivity contribution in [2.45, 2.75) is 6.92 Å². The molecule has 0 spiro atoms. The lowest BCUT2D eigenvalue weighted by Gasteiger charge is -2.17. The van der Waals surface area contributed by atoms with Crippen molar-refractivity contribution >= 4 is 34.7 Å². The molecule has 0 saturated carbocycles. The molecule has 0 aliphatic carbocycles. The van der Waals surface area contributed by atoms with Crippen molar-refractivity contribution in [2.75, 3.05) is 17.3 Å². The Hall–Kier alpha value is -2.47. The standard InChI is InChI=1S/C16H15FN2O2S/c1-11(22)18-13-6-4-8-15(10-13)21-16(20)19(2)14-7-3-5-12(17)9-14/h3-10H,1-2H3,(H,18,22). The molecule has 2 aromatic rings. The number of anilines is 2. The van der Waals surface area contributed by atoms with E-state index >= 15 is 0 Å². The summed E-state index contributed by atoms with van der Waals surface area (Å²) in [5.41, 5.74) is 1.14. The molecule has 22 heavy (non-hydrogen) atoms. The summed E-state index contributed by atoms with van der Waals surface area (Å²) in [5.74, 6) is -0.0469. The smallest absolute Gasteiger partial charge is 0.410 e. The number of thiocarbonyl (C=S) groups is 1. The van der Waals surface area contributed by atoms with Gasteiger partial charge in [0, 0.05) is 24.5 Å². The summed E-state index contributed by atoms with van der Waals surface area (Å²) in [4.78, 5) is 13.9. The van der Waals surface area contributed by atoms with Crippen molar-refractivity contribution in [3.63, 3.8) is 0 Å². The molecule has 2 rings (SSSR count). The number of benzene rings is 2. The van der Waals surface area contributed by atoms with E-state index in [0.717, 1.165) is 5.69 Å². The SMILES string of the molecule is CC(=S)Nc1cccc(OC(=O)N(C)c2cccc(F)c2)c1. The van der Waals surface area contributed by atoms with Crippen LogP contribution in [0.25, 0.3) is 0 Å². The summed E-state index contributed by atoms with van der Waals surface area (Å²) < 4.78 is 18.5. The number of carbonyl (C=O) groups is 1. The summed E-state index contributed by atoms with van der Waals surface area (Å²) in [6.45, 7) is 1.76. The number of hydrogen-bond donors (Lipinski definition) is 1. The topological polar surface area (TPSA) is 41.6 Å². The fourth-order valence-corrected chi connectivity index (χ4v) is 1.92. The van der Waals surface area contributed by atoms with Crippen molar-refractivity contribution in [1.29, 1.82) is 0 Å². The van der Waals surface area contributed by atoms with E-state index in [9.17, 15) is 9.18 Å². The first kappa shape index (κ1) is 15.9. The number of carbonyl (C=O) groups excluding carboxylic acids is 1. The molecule has 0 atom stereocenters. The number of hydrogen-bond acceptors (Lipinski definition) is 3. The molecule has 0 aliphatic heterocycles. The lowest BCUT2D eigenvalue weighted by atomic mass is 10.3. The summed E-state index contributed by atoms with van der Waals surface area (Å²) in [7, 11) is 1.51. The van der Waals surface area contributed by atoms with Crippen LogP contribution in [0.1, 0.15) is 6.92 Å². The lowest BCUT2D eigenvalue weighted by Crippen LogP contribution is -2.29. The minimum absolute atomic E-state index is 0.370. The average molecular weight is 318 g/mol. The third-order valence-electron chi connectivity index (χ3n) is 2.83. The third-order valence-corrected chi connectivity index (χ3v) is 2.93. The zero-order valence-electron chi connectivity index (χ0n) is 12.2. The molecule has 0 fully saturated rings. The lowest BCUT2D eigenvalue weighted by molar-refractivity contribution is 0.209. The van der Waals surface area contributed by atoms with Gasteiger partial charge in [-0.15, -0.1) is 0 Å². The van der Waals surface area contributed by atoms with Crippen LogP contribution >= 0.6 is 12.2 Å². The van der Waals surface area contributed by atoms with Crippen LogP contribution in [0.3, 0.4) is 0 Å². The molecule has 1 N–H and O–H groups in total. The van der Waals surface area contributed by atoms with Gasteiger partial charge in [0.15, 0.2) is 0 Å². The number of rotatable bonds is 3. The van der Waals surface area contributed by atoms with E-state index in [0.29, 0.717) is 16.4 Å². The third kappa shape index (κ3) is 4.26. The first-order valence-corrected chi connectivity index (χ1v) is 6.95. The van der Waals surface area contributed by atoms with Gasteiger partial charge in [0.2, 0.25) is 0 Å². The first-order chi connectivity index (χ1) is 10.5. The molecule has 0 radical (unpaired) electrons. The Bertz CT molecular complexity index is 706. The first-order valence-electron chi connectivity index (χ1n) is 6.54. The van der Waals surface area contributed by atoms with E-state index < -0.39 is 11.9 Å². The Balaban J connectivity index is 2.09. The number of ether oxygens (including phenoxy) is 1. The molecule has 6 heteroatoms. The summed E-state index contributed by atoms with van der Waals surface area (Å²) >= 11 is 4.96. The fraction of sp³-hybridized carbons (Fsp3) is 0.125. The van der Waals surface area contributed by atoms with Crippen molar-refractivity contribution < 1.29 is 13.9 Å². The number of halogens is 1. The van der Waals surface area contributed by atoms with Crippen LogP contribution in [-0.2, 0) is 0 Å². The number of amides is 1. The predicted octanol–water partition coefficient (Wildman–Crippen LogP) is 4.22. The Labute approximate surface area is 133 Å². The summed E-state index contributed by atoms with van der Waals surface area (Å²) in [6, 6.07) is 12.6. The molecule has 0 unspecified atom stereocenters. The maximum atomic E-state index is 13.2. The van der Waals surface area contributed by atoms with Crippen molar-refractivity contribution in [1.82, 2.24) is 0 Å². The molecule has 4 nitrogen and oxygen atoms in total. The molecule has 0 heterocycles. The monoisotopic (exact) mass is 318 g/mol. The maximum absolute atomic E-state index is 13.2. The van der Waals surface area contributed by atoms with Crippen LogP contribution in [-0.4, -0.2) is 18.1 Å². The van der Waals surface area contributed by atoms with Crippen LogP contribution in [0, 0.1) is 5.82 Å². The van der Waals surface area contributed by atoms with Crippen LogP contribution in [0.5, 0.6) is 5.75 Å². The van der Waals surface area contributed by atoms with Crippen LogP contribution in [0.2, 0.25) is 0 Å². The van der Waals surface area contributed by atoms with Gasteiger partial charge in [-0.3, -0.25) is 4.90 Å². The second-order valence-electron chi connectivity index (χ2n) is 4.62. The molecular weight excluding hydrogens is 303 g/mol. The normalized spacial score (nSPS) is 9.95. The minimum Gasteiger partial charge on any atom is -0.410 e. The van der Waals surface area contributed by atoms with Gasteiger partial charge in [0.1, 0.15) is 11.6 Å². The van der Waals surface area contributed by atoms with Gasteiger partial charge in [0.05, 0.1) is 4.99 Å². The van der Waals surface area contributed by atoms with E-state index in [1.54, 1.807) is 31.2 Å². The van der Waals surface area contributed by atoms with E-state index in [4.69, 9.17) is 17.0 Å². The highest BCUT2D eigenvalue weighted by Gasteiger charge is 2.14. The molecule has 114 valence electrons. The highest BCUT2D eigenvalue weighted by molar-refractivity contribution is 7.80. The van der Waals surface area contributed by atoms with Crippen LogP contribution in [0.4, 0.5) is 20.6 Å². The minimum atomic E-state index is -0.609. The van der Waals surface area contributed by atoms with Crippen molar-refractivity contribution in [2.24, 2.45) is 0 Å². The highest BCUT2D eigenvalue weighted by Crippen LogP contribution is 2.20. The molecule has 0 saturated heterocycles. The summed E-state index contributed by atoms with van der Waals surface area (Å²) in [6.07, 6.45) is -0.609. The van der Waals surface area contributed by atoms with Gasteiger partial charge in [-0.2, -0.15) is 0 Å². The van der Waals surface area contributed by atoms with E-state index in [1.165, 1.54) is 30.1 Å². The van der Waals surface area contributed by atoms with Gasteiger partial charge in [0.25, 0.3) is 0 Å². The van der Waals surface area contributed by atoms with Gasteiger partial charge in [-0.25, -0.2) is 9.18 Å². The second kappa shape index (κ2) is 7.00. The maximum Gasteiger partial charge on any atom is 0.419 e. The Kier molecular flexibility index (Phi) is 5.06. The van der Waals surface area contributed by atoms with E-state index in [1.807, 2.05) is 6.07 Å². The molecular formula is C16H15FN2O2S. The van der Waals surface area contributed by atoms with Gasteiger partial charge < -0.3 is 10.1 Å². The largest absolute Gasteiger partial charge is 0.419 e. The van der Waals surface area contributed by atoms with Crippen molar-refractivity contribution in [3.8, 4) is 5.75 Å². The predicted molar refractivity (Wildman–Crippen MR) is 89.2 cm³/mol. The quantitative estimate of drug-likeness (QED) is 0.860. The van der Waals surface area contributed by atoms with Crippen LogP contribution in [0.15, 0.2) is 48.5 Å². The average Bonchev–Trinajstić information content (AvgIpc) is 2.46. The number of nitrogens with zero attached hydrogens (tertiary/aromatic N) is 1. The van der Waals surface area contributed by atoms with E-state index in [2.05, 4.69) is 5.32 Å². The molecule has 1 amide bonds. The second-order valence-corrected chi connectivity index (χ2v) is 5.23. The van der Waals surface area contributed by atoms with Gasteiger partial charge in [-0.05, 0) is 37.3 Å². The summed E-state index contributed by atoms with van der Waals surface area (Å²) in [5, 5.41) is 2.96. The zero-order valence-corrected chi connectivity index (χ0v) is 13.0. The Morgan fingerprint density at radius 1 is 1.23 bits per heavy atom. The van der Waals surface area contributed by atoms with Gasteiger partial charge >= 0.3 is 6.09 Å². The van der Waals surface area contributed by atoms with E-state index in [-0.39, 0.29) is 0 Å². The number of nitrogens with one attached hydrogen (secondary N) is 1. The zero-order chi connectivity index (χ0) is 16.1. The Morgan fingerprint density at radius 2 is 1.95 bits per heavy atom.